The van der Waals surface area contributed by atoms with Gasteiger partial charge >= 0.3 is 0 Å². The second-order valence-electron chi connectivity index (χ2n) is 4.74. The fourth-order valence-electron chi connectivity index (χ4n) is 2.70. The fraction of sp³-hybridized carbons (Fsp3) is 0.214. The number of benzene rings is 1. The van der Waals surface area contributed by atoms with Crippen molar-refractivity contribution in [3.8, 4) is 0 Å². The summed E-state index contributed by atoms with van der Waals surface area (Å²) in [6.45, 7) is 0.963. The van der Waals surface area contributed by atoms with Crippen molar-refractivity contribution >= 4 is 16.9 Å². The molecule has 1 atom stereocenters. The largest absolute Gasteiger partial charge is 0.385 e. The summed E-state index contributed by atoms with van der Waals surface area (Å²) in [5.74, 6) is 1.27. The van der Waals surface area contributed by atoms with E-state index in [0.29, 0.717) is 5.92 Å². The lowest BCUT2D eigenvalue weighted by atomic mass is 9.90. The second kappa shape index (κ2) is 4.05. The summed E-state index contributed by atoms with van der Waals surface area (Å²) in [4.78, 5) is 16.1. The van der Waals surface area contributed by atoms with Gasteiger partial charge in [0, 0.05) is 18.2 Å². The molecule has 1 unspecified atom stereocenters. The van der Waals surface area contributed by atoms with Crippen molar-refractivity contribution in [3.05, 3.63) is 48.2 Å². The Labute approximate surface area is 110 Å². The van der Waals surface area contributed by atoms with Gasteiger partial charge < -0.3 is 10.3 Å². The lowest BCUT2D eigenvalue weighted by molar-refractivity contribution is 0.686. The van der Waals surface area contributed by atoms with Crippen LogP contribution in [0.4, 0.5) is 5.69 Å². The predicted octanol–water partition coefficient (Wildman–Crippen LogP) is 2.30. The molecule has 1 aliphatic rings. The van der Waals surface area contributed by atoms with E-state index in [1.807, 2.05) is 0 Å². The molecule has 0 fully saturated rings. The van der Waals surface area contributed by atoms with Crippen LogP contribution in [0.25, 0.3) is 11.2 Å². The summed E-state index contributed by atoms with van der Waals surface area (Å²) >= 11 is 0. The molecule has 94 valence electrons. The third-order valence-electron chi connectivity index (χ3n) is 3.60. The zero-order valence-electron chi connectivity index (χ0n) is 10.3. The highest BCUT2D eigenvalue weighted by Gasteiger charge is 2.24. The van der Waals surface area contributed by atoms with Crippen LogP contribution in [0.3, 0.4) is 0 Å². The summed E-state index contributed by atoms with van der Waals surface area (Å²) < 4.78 is 0. The third kappa shape index (κ3) is 1.66. The van der Waals surface area contributed by atoms with Crippen LogP contribution in [0.15, 0.2) is 36.8 Å². The SMILES string of the molecule is c1ccc2c(c1)NCCC2c1nc2ncncc2[nH]1. The van der Waals surface area contributed by atoms with Crippen LogP contribution in [0.5, 0.6) is 0 Å². The number of rotatable bonds is 1. The molecule has 0 bridgehead atoms. The van der Waals surface area contributed by atoms with Crippen LogP contribution in [0, 0.1) is 0 Å². The minimum absolute atomic E-state index is 0.298. The zero-order valence-corrected chi connectivity index (χ0v) is 10.3. The Morgan fingerprint density at radius 3 is 3.11 bits per heavy atom. The van der Waals surface area contributed by atoms with E-state index >= 15 is 0 Å². The Bertz CT molecular complexity index is 700. The number of hydrogen-bond acceptors (Lipinski definition) is 4. The van der Waals surface area contributed by atoms with Gasteiger partial charge in [0.1, 0.15) is 17.7 Å². The van der Waals surface area contributed by atoms with E-state index in [1.54, 1.807) is 6.20 Å². The van der Waals surface area contributed by atoms with E-state index in [9.17, 15) is 0 Å². The average Bonchev–Trinajstić information content (AvgIpc) is 2.90. The van der Waals surface area contributed by atoms with Gasteiger partial charge in [-0.1, -0.05) is 18.2 Å². The van der Waals surface area contributed by atoms with Gasteiger partial charge in [-0.05, 0) is 18.1 Å². The van der Waals surface area contributed by atoms with E-state index in [4.69, 9.17) is 0 Å². The number of aromatic nitrogens is 4. The minimum Gasteiger partial charge on any atom is -0.385 e. The molecule has 4 rings (SSSR count). The highest BCUT2D eigenvalue weighted by Crippen LogP contribution is 2.35. The van der Waals surface area contributed by atoms with Gasteiger partial charge in [0.15, 0.2) is 5.65 Å². The molecule has 0 spiro atoms. The molecule has 19 heavy (non-hydrogen) atoms. The number of anilines is 1. The molecule has 1 aromatic carbocycles. The predicted molar refractivity (Wildman–Crippen MR) is 73.1 cm³/mol. The van der Waals surface area contributed by atoms with Crippen LogP contribution >= 0.6 is 0 Å². The van der Waals surface area contributed by atoms with E-state index in [1.165, 1.54) is 17.6 Å². The average molecular weight is 251 g/mol. The van der Waals surface area contributed by atoms with Crippen molar-refractivity contribution in [1.29, 1.82) is 0 Å². The summed E-state index contributed by atoms with van der Waals surface area (Å²) in [5, 5.41) is 3.43. The van der Waals surface area contributed by atoms with Gasteiger partial charge in [0.05, 0.1) is 6.20 Å². The number of para-hydroxylation sites is 1. The minimum atomic E-state index is 0.298. The number of nitrogens with one attached hydrogen (secondary N) is 2. The number of aromatic amines is 1. The molecule has 0 saturated heterocycles. The number of fused-ring (bicyclic) bond motifs is 2. The van der Waals surface area contributed by atoms with Crippen molar-refractivity contribution in [3.63, 3.8) is 0 Å². The smallest absolute Gasteiger partial charge is 0.180 e. The number of hydrogen-bond donors (Lipinski definition) is 2. The van der Waals surface area contributed by atoms with E-state index in [-0.39, 0.29) is 0 Å². The van der Waals surface area contributed by atoms with E-state index in [0.717, 1.165) is 30.0 Å². The molecule has 2 aromatic heterocycles. The Kier molecular flexibility index (Phi) is 2.24. The molecule has 5 heteroatoms. The van der Waals surface area contributed by atoms with Gasteiger partial charge in [-0.15, -0.1) is 0 Å². The van der Waals surface area contributed by atoms with Gasteiger partial charge in [0.2, 0.25) is 0 Å². The van der Waals surface area contributed by atoms with Crippen LogP contribution in [-0.4, -0.2) is 26.5 Å². The van der Waals surface area contributed by atoms with E-state index < -0.39 is 0 Å². The van der Waals surface area contributed by atoms with Crippen molar-refractivity contribution in [2.75, 3.05) is 11.9 Å². The molecule has 2 N–H and O–H groups in total. The normalized spacial score (nSPS) is 18.0. The van der Waals surface area contributed by atoms with Crippen LogP contribution in [0.1, 0.15) is 23.7 Å². The summed E-state index contributed by atoms with van der Waals surface area (Å²) in [6, 6.07) is 8.40. The Hall–Kier alpha value is -2.43. The first-order chi connectivity index (χ1) is 9.42. The molecule has 3 aromatic rings. The Balaban J connectivity index is 1.85. The topological polar surface area (TPSA) is 66.5 Å². The highest BCUT2D eigenvalue weighted by molar-refractivity contribution is 5.69. The third-order valence-corrected chi connectivity index (χ3v) is 3.60. The van der Waals surface area contributed by atoms with Gasteiger partial charge in [-0.25, -0.2) is 15.0 Å². The zero-order chi connectivity index (χ0) is 12.7. The van der Waals surface area contributed by atoms with Gasteiger partial charge in [-0.2, -0.15) is 0 Å². The standard InChI is InChI=1S/C14H13N5/c1-2-4-11-9(3-1)10(5-6-16-11)13-18-12-7-15-8-17-14(12)19-13/h1-4,7-8,10,16H,5-6H2,(H,15,17,18,19). The molecular weight excluding hydrogens is 238 g/mol. The van der Waals surface area contributed by atoms with Crippen molar-refractivity contribution in [2.24, 2.45) is 0 Å². The highest BCUT2D eigenvalue weighted by atomic mass is 15.0. The van der Waals surface area contributed by atoms with Crippen molar-refractivity contribution in [1.82, 2.24) is 19.9 Å². The molecule has 0 amide bonds. The first-order valence-corrected chi connectivity index (χ1v) is 6.40. The monoisotopic (exact) mass is 251 g/mol. The first-order valence-electron chi connectivity index (χ1n) is 6.40. The maximum atomic E-state index is 4.60. The van der Waals surface area contributed by atoms with Crippen molar-refractivity contribution in [2.45, 2.75) is 12.3 Å². The van der Waals surface area contributed by atoms with Crippen LogP contribution < -0.4 is 5.32 Å². The lowest BCUT2D eigenvalue weighted by Gasteiger charge is -2.25. The number of imidazole rings is 1. The fourth-order valence-corrected chi connectivity index (χ4v) is 2.70. The molecular formula is C14H13N5. The van der Waals surface area contributed by atoms with E-state index in [2.05, 4.69) is 49.5 Å². The molecule has 0 radical (unpaired) electrons. The Morgan fingerprint density at radius 1 is 1.21 bits per heavy atom. The maximum Gasteiger partial charge on any atom is 0.180 e. The molecule has 3 heterocycles. The van der Waals surface area contributed by atoms with Gasteiger partial charge in [-0.3, -0.25) is 0 Å². The van der Waals surface area contributed by atoms with Crippen molar-refractivity contribution < 1.29 is 0 Å². The van der Waals surface area contributed by atoms with Gasteiger partial charge in [0.25, 0.3) is 0 Å². The number of nitrogens with zero attached hydrogens (tertiary/aromatic N) is 3. The second-order valence-corrected chi connectivity index (χ2v) is 4.74. The summed E-state index contributed by atoms with van der Waals surface area (Å²) in [5.41, 5.74) is 4.13. The molecule has 5 nitrogen and oxygen atoms in total. The van der Waals surface area contributed by atoms with Crippen LogP contribution in [0.2, 0.25) is 0 Å². The summed E-state index contributed by atoms with van der Waals surface area (Å²) in [7, 11) is 0. The lowest BCUT2D eigenvalue weighted by Crippen LogP contribution is -2.18. The quantitative estimate of drug-likeness (QED) is 0.696. The molecule has 0 aliphatic carbocycles. The van der Waals surface area contributed by atoms with Crippen LogP contribution in [-0.2, 0) is 0 Å². The first kappa shape index (κ1) is 10.5. The molecule has 0 saturated carbocycles. The Morgan fingerprint density at radius 2 is 2.16 bits per heavy atom. The number of H-pyrrole nitrogens is 1. The molecule has 1 aliphatic heterocycles. The summed E-state index contributed by atoms with van der Waals surface area (Å²) in [6.07, 6.45) is 4.33. The maximum absolute atomic E-state index is 4.60.